The van der Waals surface area contributed by atoms with Crippen molar-refractivity contribution in [3.05, 3.63) is 83.7 Å². The molecule has 0 bridgehead atoms. The van der Waals surface area contributed by atoms with Crippen molar-refractivity contribution < 1.29 is 28.6 Å². The van der Waals surface area contributed by atoms with Crippen LogP contribution in [0.4, 0.5) is 9.59 Å². The molecule has 8 nitrogen and oxygen atoms in total. The smallest absolute Gasteiger partial charge is 0.411 e. The summed E-state index contributed by atoms with van der Waals surface area (Å²) in [5.41, 5.74) is 1.95. The third-order valence-electron chi connectivity index (χ3n) is 3.96. The molecular formula is C23H26N2O6. The van der Waals surface area contributed by atoms with Gasteiger partial charge in [0.25, 0.3) is 0 Å². The number of ether oxygens (including phenoxy) is 3. The lowest BCUT2D eigenvalue weighted by Crippen LogP contribution is -2.27. The van der Waals surface area contributed by atoms with E-state index in [-0.39, 0.29) is 38.4 Å². The van der Waals surface area contributed by atoms with Gasteiger partial charge in [0.2, 0.25) is 0 Å². The Kier molecular flexibility index (Phi) is 10.2. The zero-order valence-electron chi connectivity index (χ0n) is 17.3. The molecule has 2 aromatic carbocycles. The van der Waals surface area contributed by atoms with Crippen molar-refractivity contribution in [2.75, 3.05) is 6.61 Å². The molecule has 164 valence electrons. The fraction of sp³-hybridized carbons (Fsp3) is 0.261. The van der Waals surface area contributed by atoms with E-state index in [9.17, 15) is 14.4 Å². The van der Waals surface area contributed by atoms with Gasteiger partial charge in [-0.1, -0.05) is 60.7 Å². The first kappa shape index (κ1) is 23.5. The molecular weight excluding hydrogens is 400 g/mol. The summed E-state index contributed by atoms with van der Waals surface area (Å²) in [4.78, 5) is 35.7. The summed E-state index contributed by atoms with van der Waals surface area (Å²) in [6, 6.07) is 18.4. The maximum absolute atomic E-state index is 12.1. The van der Waals surface area contributed by atoms with Crippen LogP contribution in [0.15, 0.2) is 72.6 Å². The number of allylic oxidation sites excluding steroid dienone is 1. The molecule has 2 aromatic rings. The normalized spacial score (nSPS) is 10.7. The number of rotatable bonds is 10. The van der Waals surface area contributed by atoms with Crippen LogP contribution >= 0.6 is 0 Å². The first-order valence-corrected chi connectivity index (χ1v) is 9.86. The summed E-state index contributed by atoms with van der Waals surface area (Å²) in [6.45, 7) is 2.15. The summed E-state index contributed by atoms with van der Waals surface area (Å²) < 4.78 is 15.2. The lowest BCUT2D eigenvalue weighted by atomic mass is 10.2. The van der Waals surface area contributed by atoms with E-state index in [2.05, 4.69) is 10.6 Å². The molecule has 0 radical (unpaired) electrons. The summed E-state index contributed by atoms with van der Waals surface area (Å²) in [5, 5.41) is 4.98. The lowest BCUT2D eigenvalue weighted by molar-refractivity contribution is -0.143. The molecule has 0 aromatic heterocycles. The van der Waals surface area contributed by atoms with E-state index in [0.717, 1.165) is 11.1 Å². The van der Waals surface area contributed by atoms with E-state index in [1.807, 2.05) is 60.7 Å². The number of hydrogen-bond donors (Lipinski definition) is 2. The maximum Gasteiger partial charge on any atom is 0.411 e. The van der Waals surface area contributed by atoms with Crippen molar-refractivity contribution in [3.63, 3.8) is 0 Å². The number of nitrogens with one attached hydrogen (secondary N) is 2. The minimum atomic E-state index is -0.710. The van der Waals surface area contributed by atoms with E-state index < -0.39 is 18.2 Å². The summed E-state index contributed by atoms with van der Waals surface area (Å²) >= 11 is 0. The number of carbonyl (C=O) groups is 3. The highest BCUT2D eigenvalue weighted by Crippen LogP contribution is 2.06. The van der Waals surface area contributed by atoms with Crippen LogP contribution in [-0.2, 0) is 32.2 Å². The highest BCUT2D eigenvalue weighted by molar-refractivity contribution is 5.72. The van der Waals surface area contributed by atoms with Crippen LogP contribution < -0.4 is 10.6 Å². The number of amides is 2. The standard InChI is InChI=1S/C23H26N2O6/c1-2-29-21(26)14-13-20(25-23(28)31-17-19-11-7-4-8-12-19)15-24-22(27)30-16-18-9-5-3-6-10-18/h3-12,15H,2,13-14,16-17H2,1H3,(H,24,27)(H,25,28). The third kappa shape index (κ3) is 9.98. The van der Waals surface area contributed by atoms with E-state index >= 15 is 0 Å². The molecule has 8 heteroatoms. The van der Waals surface area contributed by atoms with Crippen LogP contribution in [0.25, 0.3) is 0 Å². The molecule has 31 heavy (non-hydrogen) atoms. The van der Waals surface area contributed by atoms with Gasteiger partial charge < -0.3 is 14.2 Å². The average Bonchev–Trinajstić information content (AvgIpc) is 2.79. The third-order valence-corrected chi connectivity index (χ3v) is 3.96. The Balaban J connectivity index is 1.88. The van der Waals surface area contributed by atoms with E-state index in [1.54, 1.807) is 6.92 Å². The van der Waals surface area contributed by atoms with Crippen molar-refractivity contribution in [1.29, 1.82) is 0 Å². The molecule has 0 spiro atoms. The minimum absolute atomic E-state index is 0.0272. The number of benzene rings is 2. The molecule has 0 unspecified atom stereocenters. The largest absolute Gasteiger partial charge is 0.466 e. The van der Waals surface area contributed by atoms with Gasteiger partial charge in [0, 0.05) is 11.9 Å². The fourth-order valence-electron chi connectivity index (χ4n) is 2.44. The van der Waals surface area contributed by atoms with Crippen molar-refractivity contribution in [3.8, 4) is 0 Å². The number of alkyl carbamates (subject to hydrolysis) is 2. The van der Waals surface area contributed by atoms with Gasteiger partial charge in [0.1, 0.15) is 13.2 Å². The highest BCUT2D eigenvalue weighted by atomic mass is 16.6. The predicted molar refractivity (Wildman–Crippen MR) is 113 cm³/mol. The van der Waals surface area contributed by atoms with Gasteiger partial charge in [-0.3, -0.25) is 15.4 Å². The summed E-state index contributed by atoms with van der Waals surface area (Å²) in [7, 11) is 0. The van der Waals surface area contributed by atoms with Crippen molar-refractivity contribution in [2.24, 2.45) is 0 Å². The van der Waals surface area contributed by atoms with Crippen LogP contribution in [0.2, 0.25) is 0 Å². The van der Waals surface area contributed by atoms with Gasteiger partial charge in [-0.05, 0) is 24.5 Å². The first-order valence-electron chi connectivity index (χ1n) is 9.86. The van der Waals surface area contributed by atoms with Gasteiger partial charge in [-0.2, -0.15) is 0 Å². The molecule has 2 rings (SSSR count). The van der Waals surface area contributed by atoms with Crippen LogP contribution in [-0.4, -0.2) is 24.8 Å². The second-order valence-electron chi connectivity index (χ2n) is 6.37. The van der Waals surface area contributed by atoms with Gasteiger partial charge in [-0.15, -0.1) is 0 Å². The predicted octanol–water partition coefficient (Wildman–Crippen LogP) is 4.02. The molecule has 0 aliphatic carbocycles. The van der Waals surface area contributed by atoms with Gasteiger partial charge in [0.05, 0.1) is 13.0 Å². The quantitative estimate of drug-likeness (QED) is 0.439. The molecule has 2 N–H and O–H groups in total. The minimum Gasteiger partial charge on any atom is -0.466 e. The zero-order chi connectivity index (χ0) is 22.3. The van der Waals surface area contributed by atoms with Crippen LogP contribution in [0, 0.1) is 0 Å². The number of esters is 1. The zero-order valence-corrected chi connectivity index (χ0v) is 17.3. The summed E-state index contributed by atoms with van der Waals surface area (Å²) in [5.74, 6) is -0.417. The van der Waals surface area contributed by atoms with Crippen LogP contribution in [0.3, 0.4) is 0 Å². The second kappa shape index (κ2) is 13.4. The molecule has 0 saturated carbocycles. The second-order valence-corrected chi connectivity index (χ2v) is 6.37. The molecule has 0 saturated heterocycles. The SMILES string of the molecule is CCOC(=O)CCC(=CNC(=O)OCc1ccccc1)NC(=O)OCc1ccccc1. The van der Waals surface area contributed by atoms with E-state index in [0.29, 0.717) is 0 Å². The topological polar surface area (TPSA) is 103 Å². The Morgan fingerprint density at radius 3 is 1.87 bits per heavy atom. The van der Waals surface area contributed by atoms with Gasteiger partial charge in [-0.25, -0.2) is 9.59 Å². The number of carbonyl (C=O) groups excluding carboxylic acids is 3. The lowest BCUT2D eigenvalue weighted by Gasteiger charge is -2.11. The fourth-order valence-corrected chi connectivity index (χ4v) is 2.44. The van der Waals surface area contributed by atoms with Gasteiger partial charge in [0.15, 0.2) is 0 Å². The summed E-state index contributed by atoms with van der Waals surface area (Å²) in [6.07, 6.45) is 0.0314. The molecule has 0 fully saturated rings. The van der Waals surface area contributed by atoms with Gasteiger partial charge >= 0.3 is 18.2 Å². The Hall–Kier alpha value is -3.81. The van der Waals surface area contributed by atoms with E-state index in [1.165, 1.54) is 6.20 Å². The van der Waals surface area contributed by atoms with Crippen molar-refractivity contribution in [2.45, 2.75) is 33.0 Å². The molecule has 0 atom stereocenters. The van der Waals surface area contributed by atoms with Crippen molar-refractivity contribution in [1.82, 2.24) is 10.6 Å². The van der Waals surface area contributed by atoms with E-state index in [4.69, 9.17) is 14.2 Å². The molecule has 0 aliphatic rings. The molecule has 0 aliphatic heterocycles. The maximum atomic E-state index is 12.1. The number of hydrogen-bond acceptors (Lipinski definition) is 6. The van der Waals surface area contributed by atoms with Crippen LogP contribution in [0.5, 0.6) is 0 Å². The Morgan fingerprint density at radius 1 is 0.774 bits per heavy atom. The molecule has 0 heterocycles. The first-order chi connectivity index (χ1) is 15.1. The van der Waals surface area contributed by atoms with Crippen LogP contribution in [0.1, 0.15) is 30.9 Å². The Bertz CT molecular complexity index is 868. The molecule has 2 amide bonds. The monoisotopic (exact) mass is 426 g/mol. The Labute approximate surface area is 181 Å². The van der Waals surface area contributed by atoms with Crippen molar-refractivity contribution >= 4 is 18.2 Å². The average molecular weight is 426 g/mol. The Morgan fingerprint density at radius 2 is 1.32 bits per heavy atom. The highest BCUT2D eigenvalue weighted by Gasteiger charge is 2.11.